The highest BCUT2D eigenvalue weighted by molar-refractivity contribution is 6.04. The number of hydrogen-bond donors (Lipinski definition) is 1. The van der Waals surface area contributed by atoms with Crippen LogP contribution < -0.4 is 5.32 Å². The zero-order valence-corrected chi connectivity index (χ0v) is 12.0. The highest BCUT2D eigenvalue weighted by atomic mass is 19.1. The van der Waals surface area contributed by atoms with E-state index in [1.165, 1.54) is 18.2 Å². The SMILES string of the molecule is Cn1nccc1-c1cccc(NC(=O)c2cccc(F)c2)c1. The standard InChI is InChI=1S/C17H14FN3O/c1-21-16(8-9-19-21)12-4-3-7-15(11-12)20-17(22)13-5-2-6-14(18)10-13/h2-11H,1H3,(H,20,22). The normalized spacial score (nSPS) is 10.5. The van der Waals surface area contributed by atoms with Gasteiger partial charge in [-0.2, -0.15) is 5.10 Å². The first-order valence-electron chi connectivity index (χ1n) is 6.79. The second kappa shape index (κ2) is 5.81. The van der Waals surface area contributed by atoms with Crippen molar-refractivity contribution in [2.45, 2.75) is 0 Å². The van der Waals surface area contributed by atoms with Crippen LogP contribution in [-0.2, 0) is 7.05 Å². The molecular formula is C17H14FN3O. The molecule has 22 heavy (non-hydrogen) atoms. The molecule has 0 saturated heterocycles. The smallest absolute Gasteiger partial charge is 0.255 e. The van der Waals surface area contributed by atoms with Crippen LogP contribution in [0.15, 0.2) is 60.8 Å². The molecule has 1 N–H and O–H groups in total. The minimum absolute atomic E-state index is 0.283. The van der Waals surface area contributed by atoms with Crippen LogP contribution in [0.2, 0.25) is 0 Å². The first kappa shape index (κ1) is 14.0. The van der Waals surface area contributed by atoms with Gasteiger partial charge in [-0.05, 0) is 36.4 Å². The van der Waals surface area contributed by atoms with Gasteiger partial charge in [-0.15, -0.1) is 0 Å². The van der Waals surface area contributed by atoms with Crippen molar-refractivity contribution in [2.75, 3.05) is 5.32 Å². The fourth-order valence-electron chi connectivity index (χ4n) is 2.25. The predicted molar refractivity (Wildman–Crippen MR) is 83.0 cm³/mol. The van der Waals surface area contributed by atoms with Crippen molar-refractivity contribution < 1.29 is 9.18 Å². The summed E-state index contributed by atoms with van der Waals surface area (Å²) in [6.45, 7) is 0. The van der Waals surface area contributed by atoms with E-state index >= 15 is 0 Å². The van der Waals surface area contributed by atoms with E-state index in [0.29, 0.717) is 5.69 Å². The van der Waals surface area contributed by atoms with Crippen molar-refractivity contribution >= 4 is 11.6 Å². The van der Waals surface area contributed by atoms with Gasteiger partial charge in [-0.25, -0.2) is 4.39 Å². The number of aryl methyl sites for hydroxylation is 1. The van der Waals surface area contributed by atoms with Crippen LogP contribution in [0.25, 0.3) is 11.3 Å². The molecule has 1 aromatic heterocycles. The van der Waals surface area contributed by atoms with Crippen molar-refractivity contribution in [1.29, 1.82) is 0 Å². The second-order valence-electron chi connectivity index (χ2n) is 4.89. The van der Waals surface area contributed by atoms with E-state index in [1.807, 2.05) is 31.3 Å². The Kier molecular flexibility index (Phi) is 3.70. The maximum Gasteiger partial charge on any atom is 0.255 e. The first-order valence-corrected chi connectivity index (χ1v) is 6.79. The minimum atomic E-state index is -0.434. The molecule has 1 amide bonds. The van der Waals surface area contributed by atoms with Gasteiger partial charge in [0.15, 0.2) is 0 Å². The lowest BCUT2D eigenvalue weighted by Gasteiger charge is -2.08. The van der Waals surface area contributed by atoms with Gasteiger partial charge in [-0.3, -0.25) is 9.48 Å². The molecule has 4 nitrogen and oxygen atoms in total. The number of amides is 1. The van der Waals surface area contributed by atoms with Gasteiger partial charge in [-0.1, -0.05) is 18.2 Å². The summed E-state index contributed by atoms with van der Waals surface area (Å²) in [6.07, 6.45) is 1.72. The number of nitrogens with zero attached hydrogens (tertiary/aromatic N) is 2. The van der Waals surface area contributed by atoms with Crippen molar-refractivity contribution in [3.05, 3.63) is 72.2 Å². The summed E-state index contributed by atoms with van der Waals surface area (Å²) < 4.78 is 14.9. The lowest BCUT2D eigenvalue weighted by atomic mass is 10.1. The van der Waals surface area contributed by atoms with Crippen molar-refractivity contribution in [1.82, 2.24) is 9.78 Å². The van der Waals surface area contributed by atoms with Crippen molar-refractivity contribution in [3.63, 3.8) is 0 Å². The molecule has 3 aromatic rings. The first-order chi connectivity index (χ1) is 10.6. The fraction of sp³-hybridized carbons (Fsp3) is 0.0588. The number of carbonyl (C=O) groups excluding carboxylic acids is 1. The predicted octanol–water partition coefficient (Wildman–Crippen LogP) is 3.48. The number of hydrogen-bond acceptors (Lipinski definition) is 2. The van der Waals surface area contributed by atoms with Gasteiger partial charge in [0.25, 0.3) is 5.91 Å². The quantitative estimate of drug-likeness (QED) is 0.804. The number of rotatable bonds is 3. The fourth-order valence-corrected chi connectivity index (χ4v) is 2.25. The largest absolute Gasteiger partial charge is 0.322 e. The number of anilines is 1. The summed E-state index contributed by atoms with van der Waals surface area (Å²) in [7, 11) is 1.85. The molecule has 0 aliphatic heterocycles. The molecule has 0 aliphatic carbocycles. The van der Waals surface area contributed by atoms with Crippen LogP contribution in [0.1, 0.15) is 10.4 Å². The van der Waals surface area contributed by atoms with Gasteiger partial charge in [0, 0.05) is 30.1 Å². The van der Waals surface area contributed by atoms with Crippen LogP contribution in [0.3, 0.4) is 0 Å². The summed E-state index contributed by atoms with van der Waals surface area (Å²) in [4.78, 5) is 12.1. The highest BCUT2D eigenvalue weighted by Gasteiger charge is 2.08. The van der Waals surface area contributed by atoms with Gasteiger partial charge in [0.05, 0.1) is 5.69 Å². The van der Waals surface area contributed by atoms with E-state index in [9.17, 15) is 9.18 Å². The van der Waals surface area contributed by atoms with Crippen molar-refractivity contribution in [3.8, 4) is 11.3 Å². The molecule has 0 spiro atoms. The van der Waals surface area contributed by atoms with Crippen molar-refractivity contribution in [2.24, 2.45) is 7.05 Å². The minimum Gasteiger partial charge on any atom is -0.322 e. The molecule has 2 aromatic carbocycles. The van der Waals surface area contributed by atoms with Gasteiger partial charge < -0.3 is 5.32 Å². The summed E-state index contributed by atoms with van der Waals surface area (Å²) in [6, 6.07) is 14.9. The maximum absolute atomic E-state index is 13.2. The molecule has 0 aliphatic rings. The van der Waals surface area contributed by atoms with Gasteiger partial charge in [0.1, 0.15) is 5.82 Å². The molecule has 3 rings (SSSR count). The lowest BCUT2D eigenvalue weighted by molar-refractivity contribution is 0.102. The van der Waals surface area contributed by atoms with Gasteiger partial charge in [0.2, 0.25) is 0 Å². The Morgan fingerprint density at radius 1 is 1.14 bits per heavy atom. The van der Waals surface area contributed by atoms with Crippen LogP contribution in [-0.4, -0.2) is 15.7 Å². The average Bonchev–Trinajstić information content (AvgIpc) is 2.94. The average molecular weight is 295 g/mol. The molecule has 1 heterocycles. The third-order valence-corrected chi connectivity index (χ3v) is 3.32. The van der Waals surface area contributed by atoms with E-state index in [-0.39, 0.29) is 11.5 Å². The van der Waals surface area contributed by atoms with E-state index in [4.69, 9.17) is 0 Å². The Morgan fingerprint density at radius 3 is 2.68 bits per heavy atom. The van der Waals surface area contributed by atoms with E-state index in [1.54, 1.807) is 23.0 Å². The molecule has 0 saturated carbocycles. The number of halogens is 1. The molecule has 0 radical (unpaired) electrons. The lowest BCUT2D eigenvalue weighted by Crippen LogP contribution is -2.12. The third-order valence-electron chi connectivity index (χ3n) is 3.32. The third kappa shape index (κ3) is 2.88. The zero-order valence-electron chi connectivity index (χ0n) is 12.0. The second-order valence-corrected chi connectivity index (χ2v) is 4.89. The number of benzene rings is 2. The van der Waals surface area contributed by atoms with E-state index in [0.717, 1.165) is 11.3 Å². The topological polar surface area (TPSA) is 46.9 Å². The van der Waals surface area contributed by atoms with Gasteiger partial charge >= 0.3 is 0 Å². The summed E-state index contributed by atoms with van der Waals surface area (Å²) in [5.74, 6) is -0.780. The Labute approximate surface area is 127 Å². The Bertz CT molecular complexity index is 826. The summed E-state index contributed by atoms with van der Waals surface area (Å²) in [5, 5.41) is 6.90. The monoisotopic (exact) mass is 295 g/mol. The summed E-state index contributed by atoms with van der Waals surface area (Å²) in [5.41, 5.74) is 2.82. The molecule has 0 unspecified atom stereocenters. The van der Waals surface area contributed by atoms with Crippen LogP contribution in [0.4, 0.5) is 10.1 Å². The zero-order chi connectivity index (χ0) is 15.5. The van der Waals surface area contributed by atoms with E-state index < -0.39 is 5.82 Å². The highest BCUT2D eigenvalue weighted by Crippen LogP contribution is 2.22. The molecule has 0 atom stereocenters. The Hall–Kier alpha value is -2.95. The van der Waals surface area contributed by atoms with E-state index in [2.05, 4.69) is 10.4 Å². The molecule has 0 bridgehead atoms. The molecular weight excluding hydrogens is 281 g/mol. The molecule has 5 heteroatoms. The Morgan fingerprint density at radius 2 is 1.95 bits per heavy atom. The van der Waals surface area contributed by atoms with Crippen LogP contribution in [0, 0.1) is 5.82 Å². The molecule has 0 fully saturated rings. The Balaban J connectivity index is 1.84. The summed E-state index contributed by atoms with van der Waals surface area (Å²) >= 11 is 0. The number of carbonyl (C=O) groups is 1. The van der Waals surface area contributed by atoms with Crippen LogP contribution >= 0.6 is 0 Å². The van der Waals surface area contributed by atoms with Crippen LogP contribution in [0.5, 0.6) is 0 Å². The maximum atomic E-state index is 13.2. The number of aromatic nitrogens is 2. The molecule has 110 valence electrons. The number of nitrogens with one attached hydrogen (secondary N) is 1.